The summed E-state index contributed by atoms with van der Waals surface area (Å²) in [5.41, 5.74) is 6.85. The molecule has 0 bridgehead atoms. The maximum atomic E-state index is 13.6. The van der Waals surface area contributed by atoms with Crippen LogP contribution in [-0.4, -0.2) is 4.99 Å². The Morgan fingerprint density at radius 2 is 1.89 bits per heavy atom. The Hall–Kier alpha value is -1.36. The van der Waals surface area contributed by atoms with Crippen molar-refractivity contribution in [3.05, 3.63) is 57.8 Å². The zero-order valence-electron chi connectivity index (χ0n) is 9.58. The van der Waals surface area contributed by atoms with Crippen LogP contribution in [0.15, 0.2) is 36.4 Å². The number of para-hydroxylation sites is 1. The second-order valence-electron chi connectivity index (χ2n) is 3.78. The predicted molar refractivity (Wildman–Crippen MR) is 82.0 cm³/mol. The van der Waals surface area contributed by atoms with Crippen LogP contribution in [0.2, 0.25) is 10.0 Å². The number of thiocarbonyl (C=S) groups is 1. The van der Waals surface area contributed by atoms with Crippen molar-refractivity contribution in [2.45, 2.75) is 0 Å². The molecule has 0 aliphatic rings. The Balaban J connectivity index is 2.36. The predicted octanol–water partition coefficient (Wildman–Crippen LogP) is 4.51. The number of hydrogen-bond donors (Lipinski definition) is 2. The van der Waals surface area contributed by atoms with E-state index >= 15 is 0 Å². The molecule has 98 valence electrons. The van der Waals surface area contributed by atoms with Gasteiger partial charge in [-0.05, 0) is 30.3 Å². The van der Waals surface area contributed by atoms with Crippen molar-refractivity contribution < 1.29 is 4.39 Å². The monoisotopic (exact) mass is 314 g/mol. The summed E-state index contributed by atoms with van der Waals surface area (Å²) in [7, 11) is 0. The Labute approximate surface area is 125 Å². The fourth-order valence-electron chi connectivity index (χ4n) is 1.52. The summed E-state index contributed by atoms with van der Waals surface area (Å²) in [5, 5.41) is 3.50. The van der Waals surface area contributed by atoms with Gasteiger partial charge >= 0.3 is 0 Å². The number of anilines is 2. The van der Waals surface area contributed by atoms with Crippen molar-refractivity contribution in [1.82, 2.24) is 0 Å². The van der Waals surface area contributed by atoms with Crippen LogP contribution in [0.4, 0.5) is 15.8 Å². The summed E-state index contributed by atoms with van der Waals surface area (Å²) in [5.74, 6) is -0.456. The maximum absolute atomic E-state index is 13.6. The minimum Gasteiger partial charge on any atom is -0.389 e. The molecule has 0 heterocycles. The van der Waals surface area contributed by atoms with E-state index in [1.807, 2.05) is 0 Å². The van der Waals surface area contributed by atoms with E-state index in [0.29, 0.717) is 16.3 Å². The standard InChI is InChI=1S/C13H9Cl2FN2S/c14-8-2-1-3-10(16)12(8)18-11-5-4-7(13(17)19)6-9(11)15/h1-6,18H,(H2,17,19). The van der Waals surface area contributed by atoms with Crippen molar-refractivity contribution in [3.63, 3.8) is 0 Å². The molecular formula is C13H9Cl2FN2S. The lowest BCUT2D eigenvalue weighted by Gasteiger charge is -2.11. The summed E-state index contributed by atoms with van der Waals surface area (Å²) in [4.78, 5) is 0.248. The minimum atomic E-state index is -0.456. The highest BCUT2D eigenvalue weighted by Gasteiger charge is 2.10. The van der Waals surface area contributed by atoms with Crippen LogP contribution in [0.25, 0.3) is 0 Å². The molecule has 2 aromatic carbocycles. The third-order valence-electron chi connectivity index (χ3n) is 2.48. The molecule has 0 unspecified atom stereocenters. The van der Waals surface area contributed by atoms with Gasteiger partial charge in [0, 0.05) is 5.56 Å². The van der Waals surface area contributed by atoms with E-state index in [1.165, 1.54) is 12.1 Å². The normalized spacial score (nSPS) is 10.3. The topological polar surface area (TPSA) is 38.0 Å². The Bertz CT molecular complexity index is 626. The average Bonchev–Trinajstić information content (AvgIpc) is 2.35. The zero-order chi connectivity index (χ0) is 14.0. The van der Waals surface area contributed by atoms with E-state index in [0.717, 1.165) is 0 Å². The second kappa shape index (κ2) is 5.74. The first-order valence-electron chi connectivity index (χ1n) is 5.29. The first-order chi connectivity index (χ1) is 8.99. The van der Waals surface area contributed by atoms with E-state index in [1.54, 1.807) is 24.3 Å². The van der Waals surface area contributed by atoms with E-state index in [2.05, 4.69) is 5.32 Å². The van der Waals surface area contributed by atoms with Gasteiger partial charge in [0.25, 0.3) is 0 Å². The van der Waals surface area contributed by atoms with Crippen LogP contribution in [0.1, 0.15) is 5.56 Å². The number of benzene rings is 2. The molecule has 6 heteroatoms. The molecule has 0 spiro atoms. The van der Waals surface area contributed by atoms with E-state index in [4.69, 9.17) is 41.2 Å². The van der Waals surface area contributed by atoms with E-state index in [9.17, 15) is 4.39 Å². The largest absolute Gasteiger partial charge is 0.389 e. The van der Waals surface area contributed by atoms with Gasteiger partial charge in [0.05, 0.1) is 21.4 Å². The van der Waals surface area contributed by atoms with Crippen LogP contribution in [0.5, 0.6) is 0 Å². The van der Waals surface area contributed by atoms with Gasteiger partial charge in [0.2, 0.25) is 0 Å². The molecule has 0 saturated heterocycles. The molecule has 0 aliphatic carbocycles. The average molecular weight is 315 g/mol. The lowest BCUT2D eigenvalue weighted by Crippen LogP contribution is -2.09. The van der Waals surface area contributed by atoms with Gasteiger partial charge in [-0.3, -0.25) is 0 Å². The van der Waals surface area contributed by atoms with Crippen molar-refractivity contribution in [3.8, 4) is 0 Å². The van der Waals surface area contributed by atoms with Crippen molar-refractivity contribution in [1.29, 1.82) is 0 Å². The smallest absolute Gasteiger partial charge is 0.148 e. The fourth-order valence-corrected chi connectivity index (χ4v) is 2.09. The summed E-state index contributed by atoms with van der Waals surface area (Å²) in [6.45, 7) is 0. The fraction of sp³-hybridized carbons (Fsp3) is 0. The zero-order valence-corrected chi connectivity index (χ0v) is 11.9. The third-order valence-corrected chi connectivity index (χ3v) is 3.34. The summed E-state index contributed by atoms with van der Waals surface area (Å²) >= 11 is 16.9. The third kappa shape index (κ3) is 3.15. The SMILES string of the molecule is NC(=S)c1ccc(Nc2c(F)cccc2Cl)c(Cl)c1. The Morgan fingerprint density at radius 1 is 1.16 bits per heavy atom. The molecule has 0 atom stereocenters. The lowest BCUT2D eigenvalue weighted by molar-refractivity contribution is 0.632. The van der Waals surface area contributed by atoms with Gasteiger partial charge in [0.15, 0.2) is 0 Å². The van der Waals surface area contributed by atoms with Gasteiger partial charge in [-0.1, -0.05) is 41.5 Å². The second-order valence-corrected chi connectivity index (χ2v) is 5.03. The number of halogens is 3. The van der Waals surface area contributed by atoms with E-state index in [-0.39, 0.29) is 15.7 Å². The molecule has 0 aliphatic heterocycles. The maximum Gasteiger partial charge on any atom is 0.148 e. The molecule has 3 N–H and O–H groups in total. The molecule has 0 radical (unpaired) electrons. The molecule has 2 rings (SSSR count). The summed E-state index contributed by atoms with van der Waals surface area (Å²) < 4.78 is 13.6. The molecule has 0 amide bonds. The first kappa shape index (κ1) is 14.1. The highest BCUT2D eigenvalue weighted by molar-refractivity contribution is 7.80. The Morgan fingerprint density at radius 3 is 2.47 bits per heavy atom. The van der Waals surface area contributed by atoms with Crippen molar-refractivity contribution >= 4 is 51.8 Å². The first-order valence-corrected chi connectivity index (χ1v) is 6.46. The van der Waals surface area contributed by atoms with Crippen molar-refractivity contribution in [2.24, 2.45) is 5.73 Å². The number of nitrogens with one attached hydrogen (secondary N) is 1. The number of hydrogen-bond acceptors (Lipinski definition) is 2. The van der Waals surface area contributed by atoms with E-state index < -0.39 is 5.82 Å². The number of nitrogens with two attached hydrogens (primary N) is 1. The van der Waals surface area contributed by atoms with Crippen LogP contribution >= 0.6 is 35.4 Å². The summed E-state index contributed by atoms with van der Waals surface area (Å²) in [6, 6.07) is 9.40. The van der Waals surface area contributed by atoms with Crippen LogP contribution in [0, 0.1) is 5.82 Å². The molecule has 0 saturated carbocycles. The summed E-state index contributed by atoms with van der Waals surface area (Å²) in [6.07, 6.45) is 0. The van der Waals surface area contributed by atoms with Crippen LogP contribution < -0.4 is 11.1 Å². The highest BCUT2D eigenvalue weighted by Crippen LogP contribution is 2.31. The van der Waals surface area contributed by atoms with Gasteiger partial charge in [-0.15, -0.1) is 0 Å². The molecule has 2 aromatic rings. The lowest BCUT2D eigenvalue weighted by atomic mass is 10.2. The quantitative estimate of drug-likeness (QED) is 0.819. The van der Waals surface area contributed by atoms with Crippen LogP contribution in [-0.2, 0) is 0 Å². The molecule has 2 nitrogen and oxygen atoms in total. The van der Waals surface area contributed by atoms with Crippen molar-refractivity contribution in [2.75, 3.05) is 5.32 Å². The molecule has 0 aromatic heterocycles. The highest BCUT2D eigenvalue weighted by atomic mass is 35.5. The van der Waals surface area contributed by atoms with Crippen LogP contribution in [0.3, 0.4) is 0 Å². The minimum absolute atomic E-state index is 0.175. The number of rotatable bonds is 3. The molecule has 19 heavy (non-hydrogen) atoms. The molecular weight excluding hydrogens is 306 g/mol. The van der Waals surface area contributed by atoms with Gasteiger partial charge < -0.3 is 11.1 Å². The Kier molecular flexibility index (Phi) is 4.24. The molecule has 0 fully saturated rings. The van der Waals surface area contributed by atoms with Gasteiger partial charge in [-0.25, -0.2) is 4.39 Å². The van der Waals surface area contributed by atoms with Gasteiger partial charge in [0.1, 0.15) is 10.8 Å². The van der Waals surface area contributed by atoms with Gasteiger partial charge in [-0.2, -0.15) is 0 Å².